The van der Waals surface area contributed by atoms with Crippen molar-refractivity contribution in [1.29, 1.82) is 0 Å². The number of carbonyl (C=O) groups is 3. The van der Waals surface area contributed by atoms with Gasteiger partial charge in [-0.3, -0.25) is 14.9 Å². The summed E-state index contributed by atoms with van der Waals surface area (Å²) >= 11 is 24.2. The van der Waals surface area contributed by atoms with Gasteiger partial charge in [0.2, 0.25) is 0 Å². The molecular weight excluding hydrogens is 698 g/mol. The lowest BCUT2D eigenvalue weighted by Crippen LogP contribution is -2.54. The highest BCUT2D eigenvalue weighted by Gasteiger charge is 2.37. The fourth-order valence-corrected chi connectivity index (χ4v) is 6.17. The lowest BCUT2D eigenvalue weighted by atomic mass is 10.1. The first-order valence-corrected chi connectivity index (χ1v) is 14.1. The minimum Gasteiger partial charge on any atom is -0.377 e. The third-order valence-corrected chi connectivity index (χ3v) is 8.29. The van der Waals surface area contributed by atoms with Crippen LogP contribution < -0.4 is 14.4 Å². The van der Waals surface area contributed by atoms with Crippen molar-refractivity contribution in [2.24, 2.45) is 0 Å². The number of rotatable bonds is 5. The van der Waals surface area contributed by atoms with Gasteiger partial charge in [0.1, 0.15) is 10.5 Å². The molecule has 1 fully saturated rings. The number of anilines is 1. The Morgan fingerprint density at radius 2 is 1.49 bits per heavy atom. The lowest BCUT2D eigenvalue weighted by Gasteiger charge is -2.26. The smallest absolute Gasteiger partial charge is 0.339 e. The van der Waals surface area contributed by atoms with E-state index in [1.165, 1.54) is 60.7 Å². The predicted molar refractivity (Wildman–Crippen MR) is 147 cm³/mol. The third-order valence-electron chi connectivity index (χ3n) is 4.89. The molecule has 190 valence electrons. The summed E-state index contributed by atoms with van der Waals surface area (Å²) in [5.41, 5.74) is 0.0673. The van der Waals surface area contributed by atoms with Crippen LogP contribution in [0.15, 0.2) is 74.0 Å². The van der Waals surface area contributed by atoms with E-state index in [-0.39, 0.29) is 40.9 Å². The van der Waals surface area contributed by atoms with Gasteiger partial charge in [-0.05, 0) is 98.1 Å². The predicted octanol–water partition coefficient (Wildman–Crippen LogP) is 6.61. The molecule has 0 atom stereocenters. The van der Waals surface area contributed by atoms with Gasteiger partial charge in [-0.25, -0.2) is 9.69 Å². The highest BCUT2D eigenvalue weighted by atomic mass is 79.9. The van der Waals surface area contributed by atoms with Crippen molar-refractivity contribution in [2.45, 2.75) is 4.90 Å². The Balaban J connectivity index is 1.67. The largest absolute Gasteiger partial charge is 0.377 e. The first-order chi connectivity index (χ1) is 17.4. The van der Waals surface area contributed by atoms with Crippen LogP contribution in [0.3, 0.4) is 0 Å². The molecule has 4 rings (SSSR count). The number of benzene rings is 3. The Kier molecular flexibility index (Phi) is 8.03. The number of halogens is 5. The average molecular weight is 710 g/mol. The SMILES string of the molecule is O=C1NC(=O)N(c2ccc(Cl)c(Cl)c2)C(=O)/C1=C/c1cc(Br)c(OS(=O)(=O)c2ccc(Cl)cc2)c(Br)c1. The second-order valence-corrected chi connectivity index (χ2v) is 11.9. The molecule has 1 N–H and O–H groups in total. The summed E-state index contributed by atoms with van der Waals surface area (Å²) < 4.78 is 31.0. The zero-order valence-electron chi connectivity index (χ0n) is 18.0. The van der Waals surface area contributed by atoms with Crippen molar-refractivity contribution in [3.8, 4) is 5.75 Å². The fourth-order valence-electron chi connectivity index (χ4n) is 3.18. The van der Waals surface area contributed by atoms with E-state index in [4.69, 9.17) is 39.0 Å². The summed E-state index contributed by atoms with van der Waals surface area (Å²) in [5.74, 6) is -1.88. The normalized spacial score (nSPS) is 15.2. The van der Waals surface area contributed by atoms with Gasteiger partial charge in [0.05, 0.1) is 24.7 Å². The van der Waals surface area contributed by atoms with Crippen molar-refractivity contribution in [2.75, 3.05) is 4.90 Å². The van der Waals surface area contributed by atoms with Crippen LogP contribution in [0, 0.1) is 0 Å². The summed E-state index contributed by atoms with van der Waals surface area (Å²) in [4.78, 5) is 38.6. The molecule has 0 spiro atoms. The summed E-state index contributed by atoms with van der Waals surface area (Å²) in [7, 11) is -4.20. The maximum absolute atomic E-state index is 13.1. The van der Waals surface area contributed by atoms with Crippen molar-refractivity contribution in [3.63, 3.8) is 0 Å². The molecule has 4 amide bonds. The Hall–Kier alpha value is -2.41. The molecule has 0 saturated carbocycles. The van der Waals surface area contributed by atoms with E-state index in [0.29, 0.717) is 10.6 Å². The quantitative estimate of drug-likeness (QED) is 0.182. The summed E-state index contributed by atoms with van der Waals surface area (Å²) in [6.07, 6.45) is 1.24. The van der Waals surface area contributed by atoms with Gasteiger partial charge in [-0.2, -0.15) is 8.42 Å². The molecule has 0 aromatic heterocycles. The van der Waals surface area contributed by atoms with Crippen molar-refractivity contribution in [1.82, 2.24) is 5.32 Å². The zero-order valence-corrected chi connectivity index (χ0v) is 24.2. The highest BCUT2D eigenvalue weighted by molar-refractivity contribution is 9.11. The fraction of sp³-hybridized carbons (Fsp3) is 0. The van der Waals surface area contributed by atoms with E-state index < -0.39 is 28.0 Å². The second-order valence-electron chi connectivity index (χ2n) is 7.36. The zero-order chi connectivity index (χ0) is 27.1. The van der Waals surface area contributed by atoms with E-state index in [1.54, 1.807) is 0 Å². The molecule has 1 aliphatic heterocycles. The second kappa shape index (κ2) is 10.8. The standard InChI is InChI=1S/C23H11Br2Cl3N2O6S/c24-16-8-11(9-17(25)20(16)36-37(34,35)14-4-1-12(26)2-5-14)7-15-21(31)29-23(33)30(22(15)32)13-3-6-18(27)19(28)10-13/h1-10H,(H,29,31,33)/b15-7+. The number of nitrogens with zero attached hydrogens (tertiary/aromatic N) is 1. The molecule has 1 aliphatic rings. The molecule has 0 unspecified atom stereocenters. The number of hydrogen-bond acceptors (Lipinski definition) is 6. The topological polar surface area (TPSA) is 110 Å². The van der Waals surface area contributed by atoms with Crippen LogP contribution in [-0.4, -0.2) is 26.3 Å². The Morgan fingerprint density at radius 3 is 2.08 bits per heavy atom. The third kappa shape index (κ3) is 5.87. The van der Waals surface area contributed by atoms with Gasteiger partial charge < -0.3 is 4.18 Å². The van der Waals surface area contributed by atoms with Crippen LogP contribution in [0.5, 0.6) is 5.75 Å². The number of carbonyl (C=O) groups excluding carboxylic acids is 3. The average Bonchev–Trinajstić information content (AvgIpc) is 2.81. The lowest BCUT2D eigenvalue weighted by molar-refractivity contribution is -0.122. The molecule has 3 aromatic carbocycles. The maximum Gasteiger partial charge on any atom is 0.339 e. The van der Waals surface area contributed by atoms with Gasteiger partial charge in [-0.15, -0.1) is 0 Å². The van der Waals surface area contributed by atoms with E-state index in [1.807, 2.05) is 0 Å². The van der Waals surface area contributed by atoms with Crippen molar-refractivity contribution < 1.29 is 27.0 Å². The number of imide groups is 2. The molecular formula is C23H11Br2Cl3N2O6S. The van der Waals surface area contributed by atoms with Crippen molar-refractivity contribution in [3.05, 3.63) is 89.7 Å². The molecule has 0 radical (unpaired) electrons. The maximum atomic E-state index is 13.1. The monoisotopic (exact) mass is 706 g/mol. The summed E-state index contributed by atoms with van der Waals surface area (Å²) in [6, 6.07) is 11.5. The van der Waals surface area contributed by atoms with Gasteiger partial charge in [0, 0.05) is 5.02 Å². The summed E-state index contributed by atoms with van der Waals surface area (Å²) in [6.45, 7) is 0. The number of barbiturate groups is 1. The minimum absolute atomic E-state index is 0.0656. The van der Waals surface area contributed by atoms with Crippen LogP contribution in [0.4, 0.5) is 10.5 Å². The van der Waals surface area contributed by atoms with E-state index in [9.17, 15) is 22.8 Å². The van der Waals surface area contributed by atoms with E-state index in [2.05, 4.69) is 37.2 Å². The van der Waals surface area contributed by atoms with E-state index >= 15 is 0 Å². The Bertz CT molecular complexity index is 1590. The van der Waals surface area contributed by atoms with Crippen molar-refractivity contribution >= 4 is 106 Å². The van der Waals surface area contributed by atoms with Gasteiger partial charge in [0.15, 0.2) is 5.75 Å². The molecule has 1 saturated heterocycles. The molecule has 8 nitrogen and oxygen atoms in total. The van der Waals surface area contributed by atoms with Gasteiger partial charge in [-0.1, -0.05) is 34.8 Å². The molecule has 3 aromatic rings. The summed E-state index contributed by atoms with van der Waals surface area (Å²) in [5, 5.41) is 2.79. The molecule has 0 aliphatic carbocycles. The molecule has 0 bridgehead atoms. The van der Waals surface area contributed by atoms with Crippen LogP contribution in [0.2, 0.25) is 15.1 Å². The number of urea groups is 1. The number of amides is 4. The number of hydrogen-bond donors (Lipinski definition) is 1. The minimum atomic E-state index is -4.20. The Labute approximate surface area is 242 Å². The van der Waals surface area contributed by atoms with Crippen LogP contribution >= 0.6 is 66.7 Å². The Morgan fingerprint density at radius 1 is 0.865 bits per heavy atom. The highest BCUT2D eigenvalue weighted by Crippen LogP contribution is 2.38. The molecule has 1 heterocycles. The van der Waals surface area contributed by atoms with Crippen LogP contribution in [0.1, 0.15) is 5.56 Å². The van der Waals surface area contributed by atoms with E-state index in [0.717, 1.165) is 4.90 Å². The molecule has 14 heteroatoms. The van der Waals surface area contributed by atoms with Gasteiger partial charge >= 0.3 is 16.1 Å². The van der Waals surface area contributed by atoms with Crippen LogP contribution in [0.25, 0.3) is 6.08 Å². The first kappa shape index (κ1) is 27.6. The molecule has 37 heavy (non-hydrogen) atoms. The van der Waals surface area contributed by atoms with Gasteiger partial charge in [0.25, 0.3) is 11.8 Å². The number of nitrogens with one attached hydrogen (secondary N) is 1. The first-order valence-electron chi connectivity index (χ1n) is 9.93. The van der Waals surface area contributed by atoms with Crippen LogP contribution in [-0.2, 0) is 19.7 Å².